The van der Waals surface area contributed by atoms with Gasteiger partial charge in [0.15, 0.2) is 0 Å². The van der Waals surface area contributed by atoms with Gasteiger partial charge in [-0.1, -0.05) is 0 Å². The quantitative estimate of drug-likeness (QED) is 0.758. The molecule has 0 nitrogen and oxygen atoms in total. The Morgan fingerprint density at radius 3 is 1.41 bits per heavy atom. The van der Waals surface area contributed by atoms with Crippen molar-refractivity contribution in [2.75, 3.05) is 0 Å². The summed E-state index contributed by atoms with van der Waals surface area (Å²) in [7, 11) is 0. The van der Waals surface area contributed by atoms with Gasteiger partial charge in [0.2, 0.25) is 0 Å². The van der Waals surface area contributed by atoms with Gasteiger partial charge in [-0.2, -0.15) is 0 Å². The fraction of sp³-hybridized carbons (Fsp3) is 0.250. The number of hydrogen-bond donors (Lipinski definition) is 0. The zero-order valence-corrected chi connectivity index (χ0v) is 15.0. The van der Waals surface area contributed by atoms with Crippen LogP contribution in [0.4, 0.5) is 0 Å². The minimum absolute atomic E-state index is 0.412. The standard InChI is InChI=1S/C16H20Ge/c1-16(2,17)15(13-9-5-3-6-10-13)14-11-7-4-8-12-14/h3-12,15H,1-2,17H3. The molecule has 0 heterocycles. The van der Waals surface area contributed by atoms with Crippen molar-refractivity contribution in [1.29, 1.82) is 0 Å². The Morgan fingerprint density at radius 2 is 1.12 bits per heavy atom. The van der Waals surface area contributed by atoms with Gasteiger partial charge < -0.3 is 0 Å². The Balaban J connectivity index is 2.48. The SMILES string of the molecule is C[C](C)([GeH3])C(c1ccccc1)c1ccccc1. The molecule has 0 N–H and O–H groups in total. The van der Waals surface area contributed by atoms with Gasteiger partial charge in [0.25, 0.3) is 0 Å². The molecule has 0 fully saturated rings. The zero-order valence-electron chi connectivity index (χ0n) is 10.9. The molecule has 88 valence electrons. The normalized spacial score (nSPS) is 11.9. The molecule has 0 aliphatic rings. The second kappa shape index (κ2) is 5.09. The van der Waals surface area contributed by atoms with Gasteiger partial charge in [-0.05, 0) is 0 Å². The zero-order chi connectivity index (χ0) is 12.3. The Bertz CT molecular complexity index is 414. The van der Waals surface area contributed by atoms with E-state index in [0.717, 1.165) is 16.5 Å². The summed E-state index contributed by atoms with van der Waals surface area (Å²) in [6, 6.07) is 21.8. The first-order valence-corrected chi connectivity index (χ1v) is 8.29. The minimum atomic E-state index is 0.412. The molecule has 2 aromatic carbocycles. The van der Waals surface area contributed by atoms with Crippen molar-refractivity contribution in [3.63, 3.8) is 0 Å². The predicted molar refractivity (Wildman–Crippen MR) is 78.7 cm³/mol. The summed E-state index contributed by atoms with van der Waals surface area (Å²) in [5.74, 6) is 0.532. The van der Waals surface area contributed by atoms with E-state index in [4.69, 9.17) is 0 Å². The van der Waals surface area contributed by atoms with E-state index in [-0.39, 0.29) is 0 Å². The van der Waals surface area contributed by atoms with E-state index in [1.807, 2.05) is 0 Å². The fourth-order valence-corrected chi connectivity index (χ4v) is 3.88. The Kier molecular flexibility index (Phi) is 3.73. The van der Waals surface area contributed by atoms with E-state index >= 15 is 0 Å². The van der Waals surface area contributed by atoms with E-state index in [2.05, 4.69) is 74.5 Å². The summed E-state index contributed by atoms with van der Waals surface area (Å²) >= 11 is 0.788. The first kappa shape index (κ1) is 12.4. The molecule has 0 radical (unpaired) electrons. The van der Waals surface area contributed by atoms with E-state index in [9.17, 15) is 0 Å². The summed E-state index contributed by atoms with van der Waals surface area (Å²) in [5.41, 5.74) is 2.88. The van der Waals surface area contributed by atoms with Crippen molar-refractivity contribution >= 4 is 16.5 Å². The van der Waals surface area contributed by atoms with E-state index in [0.29, 0.717) is 10.2 Å². The average molecular weight is 285 g/mol. The number of benzene rings is 2. The Labute approximate surface area is 112 Å². The summed E-state index contributed by atoms with van der Waals surface area (Å²) in [6.07, 6.45) is 0. The van der Waals surface area contributed by atoms with Crippen LogP contribution in [-0.2, 0) is 0 Å². The maximum atomic E-state index is 2.39. The molecule has 0 atom stereocenters. The molecule has 1 heteroatoms. The van der Waals surface area contributed by atoms with E-state index in [1.165, 1.54) is 11.1 Å². The molecular formula is C16H20Ge. The van der Waals surface area contributed by atoms with Crippen molar-refractivity contribution in [2.24, 2.45) is 0 Å². The van der Waals surface area contributed by atoms with Crippen molar-refractivity contribution in [2.45, 2.75) is 24.0 Å². The summed E-state index contributed by atoms with van der Waals surface area (Å²) in [5, 5.41) is 0. The van der Waals surface area contributed by atoms with Crippen LogP contribution < -0.4 is 0 Å². The molecule has 0 aromatic heterocycles. The molecule has 2 aromatic rings. The van der Waals surface area contributed by atoms with Crippen molar-refractivity contribution < 1.29 is 0 Å². The van der Waals surface area contributed by atoms with Gasteiger partial charge in [-0.15, -0.1) is 0 Å². The molecule has 0 amide bonds. The van der Waals surface area contributed by atoms with Crippen molar-refractivity contribution in [3.8, 4) is 0 Å². The molecule has 0 bridgehead atoms. The van der Waals surface area contributed by atoms with Crippen molar-refractivity contribution in [3.05, 3.63) is 71.8 Å². The first-order valence-electron chi connectivity index (χ1n) is 6.19. The van der Waals surface area contributed by atoms with Gasteiger partial charge in [-0.3, -0.25) is 0 Å². The molecule has 0 saturated carbocycles. The molecular weight excluding hydrogens is 265 g/mol. The van der Waals surface area contributed by atoms with Gasteiger partial charge in [0.1, 0.15) is 0 Å². The molecule has 2 rings (SSSR count). The topological polar surface area (TPSA) is 0 Å². The third-order valence-electron chi connectivity index (χ3n) is 3.13. The van der Waals surface area contributed by atoms with Crippen LogP contribution in [0.2, 0.25) is 4.25 Å². The van der Waals surface area contributed by atoms with E-state index in [1.54, 1.807) is 0 Å². The third kappa shape index (κ3) is 3.01. The van der Waals surface area contributed by atoms with E-state index < -0.39 is 0 Å². The second-order valence-corrected chi connectivity index (χ2v) is 11.0. The van der Waals surface area contributed by atoms with Gasteiger partial charge >= 0.3 is 112 Å². The molecule has 0 saturated heterocycles. The summed E-state index contributed by atoms with van der Waals surface area (Å²) in [4.78, 5) is 0. The maximum absolute atomic E-state index is 2.39. The van der Waals surface area contributed by atoms with Gasteiger partial charge in [-0.25, -0.2) is 0 Å². The second-order valence-electron chi connectivity index (χ2n) is 5.62. The van der Waals surface area contributed by atoms with Crippen molar-refractivity contribution in [1.82, 2.24) is 0 Å². The third-order valence-corrected chi connectivity index (χ3v) is 4.34. The predicted octanol–water partition coefficient (Wildman–Crippen LogP) is 3.38. The van der Waals surface area contributed by atoms with Gasteiger partial charge in [0.05, 0.1) is 0 Å². The first-order chi connectivity index (χ1) is 8.09. The van der Waals surface area contributed by atoms with Crippen LogP contribution in [0.5, 0.6) is 0 Å². The molecule has 0 aliphatic carbocycles. The number of hydrogen-bond acceptors (Lipinski definition) is 0. The average Bonchev–Trinajstić information content (AvgIpc) is 2.30. The van der Waals surface area contributed by atoms with Crippen LogP contribution >= 0.6 is 0 Å². The molecule has 0 aliphatic heterocycles. The Morgan fingerprint density at radius 1 is 0.765 bits per heavy atom. The summed E-state index contributed by atoms with van der Waals surface area (Å²) in [6.45, 7) is 4.77. The van der Waals surface area contributed by atoms with Crippen LogP contribution in [0, 0.1) is 0 Å². The van der Waals surface area contributed by atoms with Gasteiger partial charge in [0, 0.05) is 0 Å². The summed E-state index contributed by atoms with van der Waals surface area (Å²) < 4.78 is 0.412. The van der Waals surface area contributed by atoms with Crippen LogP contribution in [0.3, 0.4) is 0 Å². The molecule has 17 heavy (non-hydrogen) atoms. The Hall–Kier alpha value is -1.02. The fourth-order valence-electron chi connectivity index (χ4n) is 2.48. The van der Waals surface area contributed by atoms with Crippen LogP contribution in [0.15, 0.2) is 60.7 Å². The number of rotatable bonds is 3. The molecule has 0 unspecified atom stereocenters. The monoisotopic (exact) mass is 286 g/mol. The van der Waals surface area contributed by atoms with Crippen LogP contribution in [0.1, 0.15) is 30.9 Å². The van der Waals surface area contributed by atoms with Crippen LogP contribution in [0.25, 0.3) is 0 Å². The van der Waals surface area contributed by atoms with Crippen LogP contribution in [-0.4, -0.2) is 16.5 Å². The molecule has 0 spiro atoms.